The van der Waals surface area contributed by atoms with Crippen LogP contribution in [-0.4, -0.2) is 50.1 Å². The molecule has 2 heteroatoms. The molecule has 0 N–H and O–H groups in total. The fourth-order valence-corrected chi connectivity index (χ4v) is 2.89. The van der Waals surface area contributed by atoms with Gasteiger partial charge < -0.3 is 9.80 Å². The van der Waals surface area contributed by atoms with Crippen molar-refractivity contribution < 1.29 is 0 Å². The Morgan fingerprint density at radius 1 is 1.36 bits per heavy atom. The van der Waals surface area contributed by atoms with E-state index >= 15 is 0 Å². The van der Waals surface area contributed by atoms with Crippen molar-refractivity contribution in [3.8, 4) is 0 Å². The number of nitrogens with zero attached hydrogens (tertiary/aromatic N) is 2. The van der Waals surface area contributed by atoms with Crippen molar-refractivity contribution in [3.05, 3.63) is 0 Å². The standard InChI is InChI=1S/C9H18N2/c1-10(2)8-4-5-9(8)6-11(3)7-9/h8H,4-7H2,1-3H3. The highest BCUT2D eigenvalue weighted by atomic mass is 15.2. The molecule has 2 nitrogen and oxygen atoms in total. The Balaban J connectivity index is 1.96. The summed E-state index contributed by atoms with van der Waals surface area (Å²) in [6.45, 7) is 2.66. The van der Waals surface area contributed by atoms with Crippen molar-refractivity contribution in [1.82, 2.24) is 9.80 Å². The van der Waals surface area contributed by atoms with Gasteiger partial charge in [0.25, 0.3) is 0 Å². The largest absolute Gasteiger partial charge is 0.306 e. The van der Waals surface area contributed by atoms with E-state index in [-0.39, 0.29) is 0 Å². The normalized spacial score (nSPS) is 35.5. The van der Waals surface area contributed by atoms with E-state index in [1.165, 1.54) is 25.9 Å². The van der Waals surface area contributed by atoms with Gasteiger partial charge in [0.15, 0.2) is 0 Å². The summed E-state index contributed by atoms with van der Waals surface area (Å²) in [5.41, 5.74) is 0.707. The van der Waals surface area contributed by atoms with Gasteiger partial charge >= 0.3 is 0 Å². The van der Waals surface area contributed by atoms with Gasteiger partial charge in [-0.2, -0.15) is 0 Å². The second kappa shape index (κ2) is 2.20. The maximum atomic E-state index is 2.43. The zero-order chi connectivity index (χ0) is 8.06. The van der Waals surface area contributed by atoms with E-state index in [1.54, 1.807) is 0 Å². The Bertz CT molecular complexity index is 159. The van der Waals surface area contributed by atoms with E-state index in [0.29, 0.717) is 5.41 Å². The fourth-order valence-electron chi connectivity index (χ4n) is 2.89. The number of hydrogen-bond donors (Lipinski definition) is 0. The predicted octanol–water partition coefficient (Wildman–Crippen LogP) is 0.642. The molecule has 2 aliphatic rings. The molecule has 1 spiro atoms. The highest BCUT2D eigenvalue weighted by Crippen LogP contribution is 2.49. The monoisotopic (exact) mass is 154 g/mol. The molecule has 1 saturated heterocycles. The van der Waals surface area contributed by atoms with Gasteiger partial charge in [-0.05, 0) is 34.0 Å². The van der Waals surface area contributed by atoms with Gasteiger partial charge in [-0.3, -0.25) is 0 Å². The lowest BCUT2D eigenvalue weighted by molar-refractivity contribution is -0.110. The van der Waals surface area contributed by atoms with Gasteiger partial charge in [-0.25, -0.2) is 0 Å². The highest BCUT2D eigenvalue weighted by molar-refractivity contribution is 5.08. The van der Waals surface area contributed by atoms with E-state index in [9.17, 15) is 0 Å². The van der Waals surface area contributed by atoms with E-state index < -0.39 is 0 Å². The Morgan fingerprint density at radius 3 is 2.27 bits per heavy atom. The summed E-state index contributed by atoms with van der Waals surface area (Å²) in [5, 5.41) is 0. The van der Waals surface area contributed by atoms with Gasteiger partial charge in [0.05, 0.1) is 0 Å². The summed E-state index contributed by atoms with van der Waals surface area (Å²) in [5.74, 6) is 0. The van der Waals surface area contributed by atoms with Crippen molar-refractivity contribution in [2.45, 2.75) is 18.9 Å². The van der Waals surface area contributed by atoms with Crippen LogP contribution in [0.2, 0.25) is 0 Å². The number of hydrogen-bond acceptors (Lipinski definition) is 2. The quantitative estimate of drug-likeness (QED) is 0.547. The minimum atomic E-state index is 0.707. The van der Waals surface area contributed by atoms with Crippen LogP contribution in [0.25, 0.3) is 0 Å². The summed E-state index contributed by atoms with van der Waals surface area (Å²) in [6, 6.07) is 0.874. The van der Waals surface area contributed by atoms with Crippen LogP contribution in [0, 0.1) is 5.41 Å². The van der Waals surface area contributed by atoms with E-state index in [2.05, 4.69) is 30.9 Å². The third-order valence-electron chi connectivity index (χ3n) is 3.42. The predicted molar refractivity (Wildman–Crippen MR) is 46.6 cm³/mol. The first-order valence-corrected chi connectivity index (χ1v) is 4.49. The molecule has 0 aromatic rings. The van der Waals surface area contributed by atoms with Crippen LogP contribution < -0.4 is 0 Å². The van der Waals surface area contributed by atoms with E-state index in [1.807, 2.05) is 0 Å². The van der Waals surface area contributed by atoms with Crippen LogP contribution in [0.1, 0.15) is 12.8 Å². The van der Waals surface area contributed by atoms with Crippen molar-refractivity contribution in [2.75, 3.05) is 34.2 Å². The molecule has 1 unspecified atom stereocenters. The Morgan fingerprint density at radius 2 is 2.00 bits per heavy atom. The van der Waals surface area contributed by atoms with Gasteiger partial charge in [-0.1, -0.05) is 0 Å². The molecule has 1 heterocycles. The Hall–Kier alpha value is -0.0800. The topological polar surface area (TPSA) is 6.48 Å². The molecule has 0 bridgehead atoms. The van der Waals surface area contributed by atoms with Crippen LogP contribution in [0.3, 0.4) is 0 Å². The van der Waals surface area contributed by atoms with Crippen molar-refractivity contribution in [1.29, 1.82) is 0 Å². The fraction of sp³-hybridized carbons (Fsp3) is 1.00. The minimum Gasteiger partial charge on any atom is -0.306 e. The number of rotatable bonds is 1. The first kappa shape index (κ1) is 7.56. The molecule has 2 fully saturated rings. The summed E-state index contributed by atoms with van der Waals surface area (Å²) >= 11 is 0. The molecule has 2 rings (SSSR count). The summed E-state index contributed by atoms with van der Waals surface area (Å²) in [4.78, 5) is 4.83. The van der Waals surface area contributed by atoms with Crippen LogP contribution in [0.5, 0.6) is 0 Å². The van der Waals surface area contributed by atoms with Crippen molar-refractivity contribution in [2.24, 2.45) is 5.41 Å². The van der Waals surface area contributed by atoms with E-state index in [4.69, 9.17) is 0 Å². The zero-order valence-corrected chi connectivity index (χ0v) is 7.80. The summed E-state index contributed by atoms with van der Waals surface area (Å²) in [7, 11) is 6.64. The lowest BCUT2D eigenvalue weighted by Gasteiger charge is -2.61. The van der Waals surface area contributed by atoms with Crippen LogP contribution in [-0.2, 0) is 0 Å². The average Bonchev–Trinajstić information content (AvgIpc) is 1.76. The molecule has 1 aliphatic carbocycles. The minimum absolute atomic E-state index is 0.707. The highest BCUT2D eigenvalue weighted by Gasteiger charge is 2.54. The molecule has 0 radical (unpaired) electrons. The molecule has 64 valence electrons. The number of likely N-dealkylation sites (tertiary alicyclic amines) is 1. The molecule has 0 amide bonds. The summed E-state index contributed by atoms with van der Waals surface area (Å²) < 4.78 is 0. The maximum absolute atomic E-state index is 2.43. The second-order valence-corrected chi connectivity index (χ2v) is 4.55. The van der Waals surface area contributed by atoms with Crippen molar-refractivity contribution >= 4 is 0 Å². The molecule has 11 heavy (non-hydrogen) atoms. The van der Waals surface area contributed by atoms with Gasteiger partial charge in [0.2, 0.25) is 0 Å². The van der Waals surface area contributed by atoms with Gasteiger partial charge in [-0.15, -0.1) is 0 Å². The van der Waals surface area contributed by atoms with Gasteiger partial charge in [0, 0.05) is 24.5 Å². The van der Waals surface area contributed by atoms with Crippen LogP contribution >= 0.6 is 0 Å². The molecule has 1 aliphatic heterocycles. The first-order chi connectivity index (χ1) is 5.14. The van der Waals surface area contributed by atoms with E-state index in [0.717, 1.165) is 6.04 Å². The molecular weight excluding hydrogens is 136 g/mol. The third-order valence-corrected chi connectivity index (χ3v) is 3.42. The lowest BCUT2D eigenvalue weighted by atomic mass is 9.59. The zero-order valence-electron chi connectivity index (χ0n) is 7.80. The first-order valence-electron chi connectivity index (χ1n) is 4.49. The average molecular weight is 154 g/mol. The van der Waals surface area contributed by atoms with Crippen molar-refractivity contribution in [3.63, 3.8) is 0 Å². The lowest BCUT2D eigenvalue weighted by Crippen LogP contribution is -2.68. The molecular formula is C9H18N2. The van der Waals surface area contributed by atoms with Gasteiger partial charge in [0.1, 0.15) is 0 Å². The maximum Gasteiger partial charge on any atom is 0.0170 e. The molecule has 1 atom stereocenters. The third kappa shape index (κ3) is 0.926. The Labute approximate surface area is 69.2 Å². The summed E-state index contributed by atoms with van der Waals surface area (Å²) in [6.07, 6.45) is 2.88. The second-order valence-electron chi connectivity index (χ2n) is 4.55. The van der Waals surface area contributed by atoms with Crippen LogP contribution in [0.4, 0.5) is 0 Å². The molecule has 1 saturated carbocycles. The smallest absolute Gasteiger partial charge is 0.0170 e. The SMILES string of the molecule is CN1CC2(CCC2N(C)C)C1. The Kier molecular flexibility index (Phi) is 1.52. The molecule has 0 aromatic carbocycles. The molecule has 0 aromatic heterocycles. The van der Waals surface area contributed by atoms with Crippen LogP contribution in [0.15, 0.2) is 0 Å².